The van der Waals surface area contributed by atoms with Gasteiger partial charge in [-0.25, -0.2) is 0 Å². The van der Waals surface area contributed by atoms with Crippen molar-refractivity contribution in [3.63, 3.8) is 0 Å². The van der Waals surface area contributed by atoms with Crippen molar-refractivity contribution in [1.29, 1.82) is 0 Å². The van der Waals surface area contributed by atoms with Gasteiger partial charge in [0.1, 0.15) is 0 Å². The third-order valence-electron chi connectivity index (χ3n) is 4.96. The monoisotopic (exact) mass is 287 g/mol. The summed E-state index contributed by atoms with van der Waals surface area (Å²) in [5, 5.41) is 3.73. The first kappa shape index (κ1) is 14.1. The average molecular weight is 287 g/mol. The molecule has 1 aromatic carbocycles. The lowest BCUT2D eigenvalue weighted by molar-refractivity contribution is 0.183. The fourth-order valence-electron chi connectivity index (χ4n) is 3.72. The Labute approximate surface area is 126 Å². The second-order valence-electron chi connectivity index (χ2n) is 6.90. The van der Waals surface area contributed by atoms with Crippen LogP contribution in [0.1, 0.15) is 45.1 Å². The molecule has 0 radical (unpaired) electrons. The highest BCUT2D eigenvalue weighted by Gasteiger charge is 2.34. The SMILES string of the molecule is CC(C)C1CCCC(N)(Cc2csc3ccccc23)C1. The van der Waals surface area contributed by atoms with Crippen LogP contribution in [0.5, 0.6) is 0 Å². The van der Waals surface area contributed by atoms with Gasteiger partial charge in [0, 0.05) is 10.2 Å². The van der Waals surface area contributed by atoms with Crippen LogP contribution in [0.3, 0.4) is 0 Å². The summed E-state index contributed by atoms with van der Waals surface area (Å²) in [5.41, 5.74) is 8.24. The molecule has 1 saturated carbocycles. The van der Waals surface area contributed by atoms with Gasteiger partial charge in [-0.2, -0.15) is 0 Å². The van der Waals surface area contributed by atoms with Gasteiger partial charge in [0.25, 0.3) is 0 Å². The summed E-state index contributed by atoms with van der Waals surface area (Å²) in [7, 11) is 0. The first-order valence-electron chi connectivity index (χ1n) is 7.81. The Morgan fingerprint density at radius 1 is 1.35 bits per heavy atom. The third-order valence-corrected chi connectivity index (χ3v) is 5.98. The van der Waals surface area contributed by atoms with Gasteiger partial charge < -0.3 is 5.73 Å². The van der Waals surface area contributed by atoms with Crippen LogP contribution in [0.15, 0.2) is 29.6 Å². The Hall–Kier alpha value is -0.860. The lowest BCUT2D eigenvalue weighted by Gasteiger charge is -2.39. The Balaban J connectivity index is 1.82. The number of hydrogen-bond donors (Lipinski definition) is 1. The highest BCUT2D eigenvalue weighted by Crippen LogP contribution is 2.38. The summed E-state index contributed by atoms with van der Waals surface area (Å²) in [4.78, 5) is 0. The number of thiophene rings is 1. The van der Waals surface area contributed by atoms with E-state index in [4.69, 9.17) is 5.73 Å². The van der Waals surface area contributed by atoms with E-state index in [0.717, 1.165) is 18.3 Å². The highest BCUT2D eigenvalue weighted by molar-refractivity contribution is 7.17. The molecule has 1 aliphatic rings. The van der Waals surface area contributed by atoms with E-state index in [9.17, 15) is 0 Å². The molecule has 2 unspecified atom stereocenters. The van der Waals surface area contributed by atoms with Gasteiger partial charge in [0.2, 0.25) is 0 Å². The number of fused-ring (bicyclic) bond motifs is 1. The topological polar surface area (TPSA) is 26.0 Å². The van der Waals surface area contributed by atoms with Crippen LogP contribution in [0.4, 0.5) is 0 Å². The zero-order valence-electron chi connectivity index (χ0n) is 12.6. The van der Waals surface area contributed by atoms with E-state index in [1.807, 2.05) is 11.3 Å². The van der Waals surface area contributed by atoms with Crippen molar-refractivity contribution < 1.29 is 0 Å². The number of hydrogen-bond acceptors (Lipinski definition) is 2. The molecule has 20 heavy (non-hydrogen) atoms. The summed E-state index contributed by atoms with van der Waals surface area (Å²) in [6.45, 7) is 4.69. The largest absolute Gasteiger partial charge is 0.325 e. The van der Waals surface area contributed by atoms with Crippen LogP contribution in [0.2, 0.25) is 0 Å². The van der Waals surface area contributed by atoms with Crippen LogP contribution in [0, 0.1) is 11.8 Å². The zero-order valence-corrected chi connectivity index (χ0v) is 13.4. The molecular formula is C18H25NS. The standard InChI is InChI=1S/C18H25NS/c1-13(2)14-6-5-9-18(19,10-14)11-15-12-20-17-8-4-3-7-16(15)17/h3-4,7-8,12-14H,5-6,9-11,19H2,1-2H3. The smallest absolute Gasteiger partial charge is 0.0345 e. The van der Waals surface area contributed by atoms with E-state index in [-0.39, 0.29) is 5.54 Å². The predicted octanol–water partition coefficient (Wildman–Crippen LogP) is 4.99. The molecule has 0 saturated heterocycles. The number of rotatable bonds is 3. The van der Waals surface area contributed by atoms with Gasteiger partial charge in [-0.15, -0.1) is 11.3 Å². The molecule has 1 aromatic heterocycles. The van der Waals surface area contributed by atoms with E-state index < -0.39 is 0 Å². The molecule has 1 heterocycles. The highest BCUT2D eigenvalue weighted by atomic mass is 32.1. The lowest BCUT2D eigenvalue weighted by Crippen LogP contribution is -2.47. The van der Waals surface area contributed by atoms with E-state index in [2.05, 4.69) is 43.5 Å². The third kappa shape index (κ3) is 2.77. The second-order valence-corrected chi connectivity index (χ2v) is 7.81. The van der Waals surface area contributed by atoms with Crippen molar-refractivity contribution >= 4 is 21.4 Å². The van der Waals surface area contributed by atoms with Gasteiger partial charge >= 0.3 is 0 Å². The molecule has 108 valence electrons. The van der Waals surface area contributed by atoms with E-state index >= 15 is 0 Å². The Bertz CT molecular complexity index is 586. The van der Waals surface area contributed by atoms with Crippen molar-refractivity contribution in [3.8, 4) is 0 Å². The Morgan fingerprint density at radius 3 is 2.95 bits per heavy atom. The molecule has 2 N–H and O–H groups in total. The van der Waals surface area contributed by atoms with Gasteiger partial charge in [-0.05, 0) is 53.5 Å². The molecule has 1 nitrogen and oxygen atoms in total. The Morgan fingerprint density at radius 2 is 2.15 bits per heavy atom. The van der Waals surface area contributed by atoms with Gasteiger partial charge in [-0.1, -0.05) is 44.9 Å². The molecule has 2 aromatic rings. The minimum absolute atomic E-state index is 0.0109. The fraction of sp³-hybridized carbons (Fsp3) is 0.556. The summed E-state index contributed by atoms with van der Waals surface area (Å²) < 4.78 is 1.39. The van der Waals surface area contributed by atoms with Crippen molar-refractivity contribution in [2.45, 2.75) is 51.5 Å². The van der Waals surface area contributed by atoms with Crippen LogP contribution in [0.25, 0.3) is 10.1 Å². The average Bonchev–Trinajstić information content (AvgIpc) is 2.82. The summed E-state index contributed by atoms with van der Waals surface area (Å²) in [5.74, 6) is 1.57. The van der Waals surface area contributed by atoms with Gasteiger partial charge in [0.15, 0.2) is 0 Å². The summed E-state index contributed by atoms with van der Waals surface area (Å²) in [6.07, 6.45) is 6.07. The molecular weight excluding hydrogens is 262 g/mol. The van der Waals surface area contributed by atoms with E-state index in [1.54, 1.807) is 0 Å². The minimum Gasteiger partial charge on any atom is -0.325 e. The second kappa shape index (κ2) is 5.50. The molecule has 0 spiro atoms. The van der Waals surface area contributed by atoms with Crippen LogP contribution in [-0.4, -0.2) is 5.54 Å². The molecule has 3 rings (SSSR count). The van der Waals surface area contributed by atoms with E-state index in [1.165, 1.54) is 41.3 Å². The maximum absolute atomic E-state index is 6.77. The molecule has 1 fully saturated rings. The zero-order chi connectivity index (χ0) is 14.2. The molecule has 0 bridgehead atoms. The normalized spacial score (nSPS) is 27.3. The van der Waals surface area contributed by atoms with Gasteiger partial charge in [-0.3, -0.25) is 0 Å². The molecule has 0 aliphatic heterocycles. The summed E-state index contributed by atoms with van der Waals surface area (Å²) in [6, 6.07) is 8.72. The Kier molecular flexibility index (Phi) is 3.87. The first-order valence-corrected chi connectivity index (χ1v) is 8.69. The van der Waals surface area contributed by atoms with Crippen molar-refractivity contribution in [3.05, 3.63) is 35.2 Å². The predicted molar refractivity (Wildman–Crippen MR) is 89.2 cm³/mol. The minimum atomic E-state index is 0.0109. The maximum Gasteiger partial charge on any atom is 0.0345 e. The van der Waals surface area contributed by atoms with Crippen molar-refractivity contribution in [2.75, 3.05) is 0 Å². The van der Waals surface area contributed by atoms with Crippen LogP contribution < -0.4 is 5.73 Å². The van der Waals surface area contributed by atoms with Crippen molar-refractivity contribution in [2.24, 2.45) is 17.6 Å². The molecule has 0 amide bonds. The number of benzene rings is 1. The maximum atomic E-state index is 6.77. The van der Waals surface area contributed by atoms with Crippen LogP contribution in [-0.2, 0) is 6.42 Å². The lowest BCUT2D eigenvalue weighted by atomic mass is 9.70. The first-order chi connectivity index (χ1) is 9.57. The van der Waals surface area contributed by atoms with Gasteiger partial charge in [0.05, 0.1) is 0 Å². The quantitative estimate of drug-likeness (QED) is 0.845. The van der Waals surface area contributed by atoms with Crippen LogP contribution >= 0.6 is 11.3 Å². The molecule has 2 heteroatoms. The molecule has 2 atom stereocenters. The number of nitrogens with two attached hydrogens (primary N) is 1. The van der Waals surface area contributed by atoms with Crippen molar-refractivity contribution in [1.82, 2.24) is 0 Å². The molecule has 1 aliphatic carbocycles. The fourth-order valence-corrected chi connectivity index (χ4v) is 4.68. The summed E-state index contributed by atoms with van der Waals surface area (Å²) >= 11 is 1.85. The van der Waals surface area contributed by atoms with E-state index in [0.29, 0.717) is 0 Å².